The Morgan fingerprint density at radius 3 is 2.89 bits per heavy atom. The Labute approximate surface area is 123 Å². The highest BCUT2D eigenvalue weighted by Gasteiger charge is 2.38. The third-order valence-electron chi connectivity index (χ3n) is 4.09. The van der Waals surface area contributed by atoms with Crippen LogP contribution in [0.4, 0.5) is 4.39 Å². The summed E-state index contributed by atoms with van der Waals surface area (Å²) in [6.07, 6.45) is 4.57. The second-order valence-corrected chi connectivity index (χ2v) is 7.08. The van der Waals surface area contributed by atoms with Crippen LogP contribution in [0.2, 0.25) is 0 Å². The summed E-state index contributed by atoms with van der Waals surface area (Å²) in [5.74, 6) is 0.812. The van der Waals surface area contributed by atoms with Crippen molar-refractivity contribution in [2.24, 2.45) is 11.8 Å². The van der Waals surface area contributed by atoms with Gasteiger partial charge in [0.2, 0.25) is 0 Å². The molecule has 1 aliphatic carbocycles. The average molecular weight is 329 g/mol. The molecule has 19 heavy (non-hydrogen) atoms. The van der Waals surface area contributed by atoms with Gasteiger partial charge in [0.1, 0.15) is 5.82 Å². The SMILES string of the molecule is CC(C)CC1CCCC(O)(c2cccc(Br)c2F)C1. The Hall–Kier alpha value is -0.410. The van der Waals surface area contributed by atoms with Crippen LogP contribution >= 0.6 is 15.9 Å². The summed E-state index contributed by atoms with van der Waals surface area (Å²) in [6, 6.07) is 5.20. The zero-order chi connectivity index (χ0) is 14.0. The van der Waals surface area contributed by atoms with Crippen LogP contribution in [0, 0.1) is 17.7 Å². The second-order valence-electron chi connectivity index (χ2n) is 6.22. The summed E-state index contributed by atoms with van der Waals surface area (Å²) in [4.78, 5) is 0. The maximum atomic E-state index is 14.2. The van der Waals surface area contributed by atoms with E-state index in [2.05, 4.69) is 29.8 Å². The Kier molecular flexibility index (Phi) is 4.67. The van der Waals surface area contributed by atoms with E-state index in [9.17, 15) is 9.50 Å². The summed E-state index contributed by atoms with van der Waals surface area (Å²) < 4.78 is 14.6. The van der Waals surface area contributed by atoms with E-state index >= 15 is 0 Å². The quantitative estimate of drug-likeness (QED) is 0.826. The number of hydrogen-bond acceptors (Lipinski definition) is 1. The maximum Gasteiger partial charge on any atom is 0.143 e. The molecule has 2 unspecified atom stereocenters. The third kappa shape index (κ3) is 3.38. The second kappa shape index (κ2) is 5.92. The molecular formula is C16H22BrFO. The number of aliphatic hydroxyl groups is 1. The van der Waals surface area contributed by atoms with Crippen LogP contribution in [-0.4, -0.2) is 5.11 Å². The van der Waals surface area contributed by atoms with Gasteiger partial charge in [0.15, 0.2) is 0 Å². The lowest BCUT2D eigenvalue weighted by Gasteiger charge is -2.38. The maximum absolute atomic E-state index is 14.2. The van der Waals surface area contributed by atoms with E-state index < -0.39 is 5.60 Å². The first-order chi connectivity index (χ1) is 8.92. The predicted molar refractivity (Wildman–Crippen MR) is 79.4 cm³/mol. The average Bonchev–Trinajstić information content (AvgIpc) is 2.31. The molecule has 1 aromatic carbocycles. The van der Waals surface area contributed by atoms with Crippen molar-refractivity contribution in [3.63, 3.8) is 0 Å². The first kappa shape index (κ1) is 15.0. The van der Waals surface area contributed by atoms with Crippen LogP contribution in [0.3, 0.4) is 0 Å². The Balaban J connectivity index is 2.24. The molecule has 1 nitrogen and oxygen atoms in total. The zero-order valence-electron chi connectivity index (χ0n) is 11.6. The van der Waals surface area contributed by atoms with Gasteiger partial charge in [0, 0.05) is 5.56 Å². The number of benzene rings is 1. The van der Waals surface area contributed by atoms with Gasteiger partial charge >= 0.3 is 0 Å². The molecule has 2 atom stereocenters. The van der Waals surface area contributed by atoms with Gasteiger partial charge in [0.25, 0.3) is 0 Å². The largest absolute Gasteiger partial charge is 0.385 e. The Morgan fingerprint density at radius 1 is 1.47 bits per heavy atom. The van der Waals surface area contributed by atoms with E-state index in [1.807, 2.05) is 0 Å². The van der Waals surface area contributed by atoms with Crippen molar-refractivity contribution in [2.45, 2.75) is 51.6 Å². The van der Waals surface area contributed by atoms with E-state index in [1.165, 1.54) is 0 Å². The monoisotopic (exact) mass is 328 g/mol. The lowest BCUT2D eigenvalue weighted by Crippen LogP contribution is -2.34. The molecule has 0 heterocycles. The van der Waals surface area contributed by atoms with Crippen LogP contribution in [0.1, 0.15) is 51.5 Å². The van der Waals surface area contributed by atoms with Crippen LogP contribution in [0.5, 0.6) is 0 Å². The molecule has 1 saturated carbocycles. The minimum absolute atomic E-state index is 0.310. The topological polar surface area (TPSA) is 20.2 Å². The van der Waals surface area contributed by atoms with E-state index in [1.54, 1.807) is 18.2 Å². The minimum Gasteiger partial charge on any atom is -0.385 e. The molecule has 0 spiro atoms. The van der Waals surface area contributed by atoms with Crippen LogP contribution in [0.25, 0.3) is 0 Å². The van der Waals surface area contributed by atoms with Gasteiger partial charge in [0.05, 0.1) is 10.1 Å². The zero-order valence-corrected chi connectivity index (χ0v) is 13.2. The van der Waals surface area contributed by atoms with E-state index in [4.69, 9.17) is 0 Å². The third-order valence-corrected chi connectivity index (χ3v) is 4.70. The smallest absolute Gasteiger partial charge is 0.143 e. The lowest BCUT2D eigenvalue weighted by molar-refractivity contribution is -0.0272. The van der Waals surface area contributed by atoms with Gasteiger partial charge in [-0.3, -0.25) is 0 Å². The lowest BCUT2D eigenvalue weighted by atomic mass is 9.72. The highest BCUT2D eigenvalue weighted by atomic mass is 79.9. The van der Waals surface area contributed by atoms with Gasteiger partial charge in [-0.05, 0) is 59.5 Å². The van der Waals surface area contributed by atoms with Gasteiger partial charge < -0.3 is 5.11 Å². The molecule has 0 aromatic heterocycles. The predicted octanol–water partition coefficient (Wildman–Crippen LogP) is 5.01. The van der Waals surface area contributed by atoms with Crippen molar-refractivity contribution in [1.82, 2.24) is 0 Å². The summed E-state index contributed by atoms with van der Waals surface area (Å²) in [5.41, 5.74) is -0.540. The standard InChI is InChI=1S/C16H22BrFO/c1-11(2)9-12-5-4-8-16(19,10-12)13-6-3-7-14(17)15(13)18/h3,6-7,11-12,19H,4-5,8-10H2,1-2H3. The number of halogens is 2. The molecule has 0 radical (unpaired) electrons. The van der Waals surface area contributed by atoms with Crippen LogP contribution in [-0.2, 0) is 5.60 Å². The fourth-order valence-electron chi connectivity index (χ4n) is 3.34. The van der Waals surface area contributed by atoms with Gasteiger partial charge in [-0.25, -0.2) is 4.39 Å². The first-order valence-electron chi connectivity index (χ1n) is 7.09. The van der Waals surface area contributed by atoms with Gasteiger partial charge in [-0.2, -0.15) is 0 Å². The summed E-state index contributed by atoms with van der Waals surface area (Å²) >= 11 is 3.21. The van der Waals surface area contributed by atoms with Crippen molar-refractivity contribution >= 4 is 15.9 Å². The molecule has 2 rings (SSSR count). The Bertz CT molecular complexity index is 446. The van der Waals surface area contributed by atoms with E-state index in [0.717, 1.165) is 19.3 Å². The molecule has 106 valence electrons. The summed E-state index contributed by atoms with van der Waals surface area (Å²) in [6.45, 7) is 4.40. The minimum atomic E-state index is -0.994. The van der Waals surface area contributed by atoms with Gasteiger partial charge in [-0.15, -0.1) is 0 Å². The van der Waals surface area contributed by atoms with Crippen molar-refractivity contribution in [3.05, 3.63) is 34.1 Å². The number of hydrogen-bond donors (Lipinski definition) is 1. The van der Waals surface area contributed by atoms with Gasteiger partial charge in [-0.1, -0.05) is 32.4 Å². The van der Waals surface area contributed by atoms with Crippen molar-refractivity contribution in [2.75, 3.05) is 0 Å². The molecule has 0 bridgehead atoms. The van der Waals surface area contributed by atoms with E-state index in [0.29, 0.717) is 34.7 Å². The fourth-order valence-corrected chi connectivity index (χ4v) is 3.71. The summed E-state index contributed by atoms with van der Waals surface area (Å²) in [7, 11) is 0. The molecule has 0 amide bonds. The van der Waals surface area contributed by atoms with Crippen molar-refractivity contribution < 1.29 is 9.50 Å². The molecule has 1 fully saturated rings. The highest BCUT2D eigenvalue weighted by Crippen LogP contribution is 2.43. The molecule has 1 aromatic rings. The fraction of sp³-hybridized carbons (Fsp3) is 0.625. The van der Waals surface area contributed by atoms with E-state index in [-0.39, 0.29) is 5.82 Å². The van der Waals surface area contributed by atoms with Crippen molar-refractivity contribution in [1.29, 1.82) is 0 Å². The molecule has 0 aliphatic heterocycles. The highest BCUT2D eigenvalue weighted by molar-refractivity contribution is 9.10. The molecular weight excluding hydrogens is 307 g/mol. The normalized spacial score (nSPS) is 27.8. The van der Waals surface area contributed by atoms with Crippen LogP contribution in [0.15, 0.2) is 22.7 Å². The molecule has 0 saturated heterocycles. The summed E-state index contributed by atoms with van der Waals surface area (Å²) in [5, 5.41) is 10.9. The molecule has 1 N–H and O–H groups in total. The van der Waals surface area contributed by atoms with Crippen LogP contribution < -0.4 is 0 Å². The number of rotatable bonds is 3. The Morgan fingerprint density at radius 2 is 2.21 bits per heavy atom. The first-order valence-corrected chi connectivity index (χ1v) is 7.88. The molecule has 3 heteroatoms. The molecule has 1 aliphatic rings. The van der Waals surface area contributed by atoms with Crippen molar-refractivity contribution in [3.8, 4) is 0 Å².